The number of nitrogens with zero attached hydrogens (tertiary/aromatic N) is 2. The second kappa shape index (κ2) is 5.67. The first-order chi connectivity index (χ1) is 9.81. The Balaban J connectivity index is 2.10. The first-order valence-electron chi connectivity index (χ1n) is 7.24. The van der Waals surface area contributed by atoms with Crippen LogP contribution in [0.25, 0.3) is 10.9 Å². The minimum Gasteiger partial charge on any atom is -0.497 e. The van der Waals surface area contributed by atoms with Crippen LogP contribution in [0.15, 0.2) is 24.3 Å². The molecule has 4 heteroatoms. The summed E-state index contributed by atoms with van der Waals surface area (Å²) in [6, 6.07) is 8.27. The van der Waals surface area contributed by atoms with Crippen molar-refractivity contribution in [3.8, 4) is 5.75 Å². The summed E-state index contributed by atoms with van der Waals surface area (Å²) in [7, 11) is 1.69. The van der Waals surface area contributed by atoms with E-state index in [4.69, 9.17) is 15.5 Å². The van der Waals surface area contributed by atoms with E-state index in [9.17, 15) is 0 Å². The molecule has 1 aliphatic heterocycles. The van der Waals surface area contributed by atoms with Gasteiger partial charge >= 0.3 is 0 Å². The van der Waals surface area contributed by atoms with Crippen LogP contribution in [-0.4, -0.2) is 31.7 Å². The number of hydrogen-bond acceptors (Lipinski definition) is 4. The third kappa shape index (κ3) is 2.43. The number of methoxy groups -OCH3 is 1. The van der Waals surface area contributed by atoms with Crippen molar-refractivity contribution < 1.29 is 4.74 Å². The summed E-state index contributed by atoms with van der Waals surface area (Å²) in [6.07, 6.45) is 3.38. The predicted molar refractivity (Wildman–Crippen MR) is 82.5 cm³/mol. The number of benzene rings is 1. The number of ether oxygens (including phenoxy) is 1. The van der Waals surface area contributed by atoms with Gasteiger partial charge in [-0.15, -0.1) is 0 Å². The van der Waals surface area contributed by atoms with Crippen molar-refractivity contribution in [2.45, 2.75) is 19.3 Å². The second-order valence-corrected chi connectivity index (χ2v) is 5.26. The maximum Gasteiger partial charge on any atom is 0.132 e. The normalized spacial score (nSPS) is 15.0. The van der Waals surface area contributed by atoms with Crippen LogP contribution >= 0.6 is 0 Å². The van der Waals surface area contributed by atoms with Crippen molar-refractivity contribution in [1.82, 2.24) is 4.98 Å². The number of aromatic nitrogens is 1. The summed E-state index contributed by atoms with van der Waals surface area (Å²) in [6.45, 7) is 2.85. The molecule has 1 aromatic carbocycles. The Morgan fingerprint density at radius 2 is 2.05 bits per heavy atom. The number of anilines is 1. The molecule has 2 heterocycles. The molecule has 0 atom stereocenters. The molecule has 2 aromatic rings. The molecular weight excluding hydrogens is 250 g/mol. The third-order valence-corrected chi connectivity index (χ3v) is 3.90. The largest absolute Gasteiger partial charge is 0.497 e. The van der Waals surface area contributed by atoms with Crippen LogP contribution < -0.4 is 15.4 Å². The van der Waals surface area contributed by atoms with Gasteiger partial charge in [0.25, 0.3) is 0 Å². The van der Waals surface area contributed by atoms with Crippen molar-refractivity contribution in [3.63, 3.8) is 0 Å². The van der Waals surface area contributed by atoms with Gasteiger partial charge in [-0.25, -0.2) is 4.98 Å². The molecule has 0 aliphatic carbocycles. The predicted octanol–water partition coefficient (Wildman–Crippen LogP) is 2.34. The number of rotatable bonds is 4. The molecule has 0 amide bonds. The quantitative estimate of drug-likeness (QED) is 0.927. The van der Waals surface area contributed by atoms with Gasteiger partial charge in [0.05, 0.1) is 12.6 Å². The molecule has 20 heavy (non-hydrogen) atoms. The van der Waals surface area contributed by atoms with Gasteiger partial charge in [0, 0.05) is 24.5 Å². The number of fused-ring (bicyclic) bond motifs is 1. The van der Waals surface area contributed by atoms with Crippen LogP contribution in [0.2, 0.25) is 0 Å². The summed E-state index contributed by atoms with van der Waals surface area (Å²) in [5, 5.41) is 1.15. The molecule has 1 aliphatic rings. The van der Waals surface area contributed by atoms with Gasteiger partial charge in [0.1, 0.15) is 11.6 Å². The molecule has 0 spiro atoms. The molecule has 1 saturated heterocycles. The van der Waals surface area contributed by atoms with E-state index in [1.165, 1.54) is 18.4 Å². The second-order valence-electron chi connectivity index (χ2n) is 5.26. The van der Waals surface area contributed by atoms with Gasteiger partial charge < -0.3 is 15.4 Å². The lowest BCUT2D eigenvalue weighted by Gasteiger charge is -2.21. The van der Waals surface area contributed by atoms with Crippen molar-refractivity contribution in [2.24, 2.45) is 5.73 Å². The molecular formula is C16H21N3O. The minimum atomic E-state index is 0.657. The molecule has 0 bridgehead atoms. The van der Waals surface area contributed by atoms with Gasteiger partial charge in [-0.1, -0.05) is 0 Å². The van der Waals surface area contributed by atoms with Crippen molar-refractivity contribution in [2.75, 3.05) is 31.6 Å². The van der Waals surface area contributed by atoms with Crippen LogP contribution in [0.5, 0.6) is 5.75 Å². The molecule has 1 aromatic heterocycles. The number of pyridine rings is 1. The maximum atomic E-state index is 5.75. The van der Waals surface area contributed by atoms with E-state index in [2.05, 4.69) is 17.0 Å². The van der Waals surface area contributed by atoms with Crippen molar-refractivity contribution >= 4 is 16.7 Å². The first-order valence-corrected chi connectivity index (χ1v) is 7.24. The zero-order valence-electron chi connectivity index (χ0n) is 11.9. The molecule has 2 N–H and O–H groups in total. The number of hydrogen-bond donors (Lipinski definition) is 1. The standard InChI is InChI=1S/C16H21N3O/c1-20-14-5-4-12-10-13(6-7-17)16(18-15(12)11-14)19-8-2-3-9-19/h4-5,10-11H,2-3,6-9,17H2,1H3. The number of nitrogens with two attached hydrogens (primary N) is 1. The Morgan fingerprint density at radius 1 is 1.25 bits per heavy atom. The lowest BCUT2D eigenvalue weighted by atomic mass is 10.1. The molecule has 0 unspecified atom stereocenters. The zero-order chi connectivity index (χ0) is 13.9. The highest BCUT2D eigenvalue weighted by atomic mass is 16.5. The SMILES string of the molecule is COc1ccc2cc(CCN)c(N3CCCC3)nc2c1. The van der Waals surface area contributed by atoms with Crippen LogP contribution in [0.4, 0.5) is 5.82 Å². The molecule has 1 fully saturated rings. The van der Waals surface area contributed by atoms with E-state index in [1.807, 2.05) is 12.1 Å². The monoisotopic (exact) mass is 271 g/mol. The lowest BCUT2D eigenvalue weighted by Crippen LogP contribution is -2.21. The summed E-state index contributed by atoms with van der Waals surface area (Å²) in [4.78, 5) is 7.25. The topological polar surface area (TPSA) is 51.4 Å². The average molecular weight is 271 g/mol. The van der Waals surface area contributed by atoms with Crippen LogP contribution in [0.1, 0.15) is 18.4 Å². The van der Waals surface area contributed by atoms with E-state index < -0.39 is 0 Å². The molecule has 106 valence electrons. The summed E-state index contributed by atoms with van der Waals surface area (Å²) in [5.41, 5.74) is 8.00. The van der Waals surface area contributed by atoms with Gasteiger partial charge in [-0.2, -0.15) is 0 Å². The summed E-state index contributed by atoms with van der Waals surface area (Å²) >= 11 is 0. The summed E-state index contributed by atoms with van der Waals surface area (Å²) < 4.78 is 5.29. The summed E-state index contributed by atoms with van der Waals surface area (Å²) in [5.74, 6) is 1.96. The average Bonchev–Trinajstić information content (AvgIpc) is 3.00. The fraction of sp³-hybridized carbons (Fsp3) is 0.438. The zero-order valence-corrected chi connectivity index (χ0v) is 11.9. The fourth-order valence-electron chi connectivity index (χ4n) is 2.85. The van der Waals surface area contributed by atoms with E-state index in [-0.39, 0.29) is 0 Å². The minimum absolute atomic E-state index is 0.657. The highest BCUT2D eigenvalue weighted by Crippen LogP contribution is 2.28. The van der Waals surface area contributed by atoms with E-state index >= 15 is 0 Å². The molecule has 0 radical (unpaired) electrons. The molecule has 0 saturated carbocycles. The van der Waals surface area contributed by atoms with Gasteiger partial charge in [-0.05, 0) is 49.6 Å². The van der Waals surface area contributed by atoms with E-state index in [1.54, 1.807) is 7.11 Å². The van der Waals surface area contributed by atoms with Crippen LogP contribution in [0.3, 0.4) is 0 Å². The van der Waals surface area contributed by atoms with Crippen molar-refractivity contribution in [1.29, 1.82) is 0 Å². The Morgan fingerprint density at radius 3 is 2.75 bits per heavy atom. The highest BCUT2D eigenvalue weighted by molar-refractivity contribution is 5.83. The Kier molecular flexibility index (Phi) is 3.74. The third-order valence-electron chi connectivity index (χ3n) is 3.90. The van der Waals surface area contributed by atoms with Gasteiger partial charge in [0.15, 0.2) is 0 Å². The lowest BCUT2D eigenvalue weighted by molar-refractivity contribution is 0.415. The maximum absolute atomic E-state index is 5.75. The van der Waals surface area contributed by atoms with Gasteiger partial charge in [-0.3, -0.25) is 0 Å². The first kappa shape index (κ1) is 13.2. The molecule has 4 nitrogen and oxygen atoms in total. The van der Waals surface area contributed by atoms with Crippen LogP contribution in [-0.2, 0) is 6.42 Å². The van der Waals surface area contributed by atoms with Gasteiger partial charge in [0.2, 0.25) is 0 Å². The fourth-order valence-corrected chi connectivity index (χ4v) is 2.85. The Bertz CT molecular complexity index is 606. The molecule has 3 rings (SSSR count). The van der Waals surface area contributed by atoms with Crippen LogP contribution in [0, 0.1) is 0 Å². The highest BCUT2D eigenvalue weighted by Gasteiger charge is 2.17. The Hall–Kier alpha value is -1.81. The van der Waals surface area contributed by atoms with Crippen molar-refractivity contribution in [3.05, 3.63) is 29.8 Å². The van der Waals surface area contributed by atoms with E-state index in [0.717, 1.165) is 42.0 Å². The smallest absolute Gasteiger partial charge is 0.132 e. The Labute approximate surface area is 119 Å². The van der Waals surface area contributed by atoms with E-state index in [0.29, 0.717) is 6.54 Å².